The fourth-order valence-corrected chi connectivity index (χ4v) is 8.30. The third kappa shape index (κ3) is 4.17. The van der Waals surface area contributed by atoms with Crippen LogP contribution in [0.4, 0.5) is 0 Å². The Hall–Kier alpha value is -1.93. The standard InChI is InChI=1S/C26H31ClN2O4S/c1-17-14-28(16-26(10-11-26)21-6-8-22(27)9-7-21)15-18(2)29(17)34(32,33)24-5-3-4-19-12-20(25(30)31)13-23(19)24/h3-9,17-18,20H,10-16H2,1-2H3,(H,30,31)/t17-,18+,20?. The van der Waals surface area contributed by atoms with E-state index in [1.165, 1.54) is 5.56 Å². The summed E-state index contributed by atoms with van der Waals surface area (Å²) in [5.74, 6) is -1.43. The molecule has 6 nitrogen and oxygen atoms in total. The Morgan fingerprint density at radius 1 is 1.06 bits per heavy atom. The number of hydrogen-bond acceptors (Lipinski definition) is 4. The Bertz CT molecular complexity index is 1200. The minimum atomic E-state index is -3.74. The van der Waals surface area contributed by atoms with Gasteiger partial charge in [-0.1, -0.05) is 35.9 Å². The highest BCUT2D eigenvalue weighted by atomic mass is 35.5. The van der Waals surface area contributed by atoms with Gasteiger partial charge in [-0.25, -0.2) is 8.42 Å². The maximum atomic E-state index is 13.8. The maximum Gasteiger partial charge on any atom is 0.307 e. The molecule has 1 heterocycles. The van der Waals surface area contributed by atoms with E-state index < -0.39 is 21.9 Å². The summed E-state index contributed by atoms with van der Waals surface area (Å²) in [6, 6.07) is 13.0. The van der Waals surface area contributed by atoms with Crippen LogP contribution in [0.15, 0.2) is 47.4 Å². The summed E-state index contributed by atoms with van der Waals surface area (Å²) < 4.78 is 29.3. The van der Waals surface area contributed by atoms with Crippen LogP contribution >= 0.6 is 11.6 Å². The number of halogens is 1. The summed E-state index contributed by atoms with van der Waals surface area (Å²) in [6.45, 7) is 6.21. The van der Waals surface area contributed by atoms with Gasteiger partial charge in [0.15, 0.2) is 0 Å². The second kappa shape index (κ2) is 8.63. The molecule has 2 aromatic rings. The number of benzene rings is 2. The second-order valence-electron chi connectivity index (χ2n) is 10.4. The molecule has 0 radical (unpaired) electrons. The lowest BCUT2D eigenvalue weighted by Gasteiger charge is -2.44. The number of carboxylic acids is 1. The Morgan fingerprint density at radius 2 is 1.71 bits per heavy atom. The summed E-state index contributed by atoms with van der Waals surface area (Å²) in [4.78, 5) is 14.2. The van der Waals surface area contributed by atoms with E-state index in [1.54, 1.807) is 16.4 Å². The number of hydrogen-bond donors (Lipinski definition) is 1. The van der Waals surface area contributed by atoms with Crippen LogP contribution in [-0.2, 0) is 33.1 Å². The average Bonchev–Trinajstić information content (AvgIpc) is 3.40. The number of nitrogens with zero attached hydrogens (tertiary/aromatic N) is 2. The van der Waals surface area contributed by atoms with Crippen LogP contribution in [0, 0.1) is 5.92 Å². The third-order valence-corrected chi connectivity index (χ3v) is 10.3. The first-order valence-corrected chi connectivity index (χ1v) is 13.8. The first-order chi connectivity index (χ1) is 16.1. The normalized spacial score (nSPS) is 26.9. The van der Waals surface area contributed by atoms with Crippen LogP contribution < -0.4 is 0 Å². The summed E-state index contributed by atoms with van der Waals surface area (Å²) in [5.41, 5.74) is 2.96. The Morgan fingerprint density at radius 3 is 2.29 bits per heavy atom. The monoisotopic (exact) mass is 502 g/mol. The molecule has 2 aromatic carbocycles. The van der Waals surface area contributed by atoms with E-state index in [1.807, 2.05) is 32.0 Å². The van der Waals surface area contributed by atoms with E-state index in [0.717, 1.165) is 30.0 Å². The van der Waals surface area contributed by atoms with E-state index in [-0.39, 0.29) is 28.8 Å². The summed E-state index contributed by atoms with van der Waals surface area (Å²) in [7, 11) is -3.74. The van der Waals surface area contributed by atoms with Crippen molar-refractivity contribution < 1.29 is 18.3 Å². The van der Waals surface area contributed by atoms with Crippen LogP contribution in [0.3, 0.4) is 0 Å². The molecule has 1 unspecified atom stereocenters. The number of carboxylic acid groups (broad SMARTS) is 1. The highest BCUT2D eigenvalue weighted by molar-refractivity contribution is 7.89. The van der Waals surface area contributed by atoms with Gasteiger partial charge in [0.1, 0.15) is 0 Å². The van der Waals surface area contributed by atoms with Crippen molar-refractivity contribution in [3.8, 4) is 0 Å². The smallest absolute Gasteiger partial charge is 0.307 e. The molecule has 2 fully saturated rings. The zero-order valence-electron chi connectivity index (χ0n) is 19.6. The molecule has 34 heavy (non-hydrogen) atoms. The second-order valence-corrected chi connectivity index (χ2v) is 12.6. The zero-order valence-corrected chi connectivity index (χ0v) is 21.1. The largest absolute Gasteiger partial charge is 0.481 e. The van der Waals surface area contributed by atoms with Gasteiger partial charge in [0.05, 0.1) is 10.8 Å². The molecule has 3 atom stereocenters. The van der Waals surface area contributed by atoms with Crippen molar-refractivity contribution in [2.24, 2.45) is 5.92 Å². The summed E-state index contributed by atoms with van der Waals surface area (Å²) in [5, 5.41) is 10.2. The first-order valence-electron chi connectivity index (χ1n) is 12.0. The minimum Gasteiger partial charge on any atom is -0.481 e. The summed E-state index contributed by atoms with van der Waals surface area (Å²) in [6.07, 6.45) is 2.93. The van der Waals surface area contributed by atoms with Crippen LogP contribution in [0.2, 0.25) is 5.02 Å². The van der Waals surface area contributed by atoms with E-state index >= 15 is 0 Å². The molecule has 0 bridgehead atoms. The molecule has 8 heteroatoms. The van der Waals surface area contributed by atoms with E-state index in [9.17, 15) is 18.3 Å². The van der Waals surface area contributed by atoms with Gasteiger partial charge in [-0.3, -0.25) is 9.69 Å². The van der Waals surface area contributed by atoms with Gasteiger partial charge in [-0.05, 0) is 74.4 Å². The van der Waals surface area contributed by atoms with Crippen LogP contribution in [-0.4, -0.2) is 60.4 Å². The highest BCUT2D eigenvalue weighted by Crippen LogP contribution is 2.49. The number of piperazine rings is 1. The molecule has 1 saturated heterocycles. The topological polar surface area (TPSA) is 77.9 Å². The van der Waals surface area contributed by atoms with Gasteiger partial charge >= 0.3 is 5.97 Å². The zero-order chi connectivity index (χ0) is 24.3. The fraction of sp³-hybridized carbons (Fsp3) is 0.500. The van der Waals surface area contributed by atoms with Gasteiger partial charge in [0, 0.05) is 42.2 Å². The van der Waals surface area contributed by atoms with E-state index in [4.69, 9.17) is 11.6 Å². The molecule has 0 aromatic heterocycles. The van der Waals surface area contributed by atoms with Crippen LogP contribution in [0.25, 0.3) is 0 Å². The molecule has 0 amide bonds. The molecule has 182 valence electrons. The molecule has 1 saturated carbocycles. The predicted octanol–water partition coefficient (Wildman–Crippen LogP) is 3.95. The van der Waals surface area contributed by atoms with Gasteiger partial charge < -0.3 is 5.11 Å². The Balaban J connectivity index is 1.35. The predicted molar refractivity (Wildman–Crippen MR) is 132 cm³/mol. The molecule has 0 spiro atoms. The number of aliphatic carboxylic acids is 1. The third-order valence-electron chi connectivity index (χ3n) is 7.80. The van der Waals surface area contributed by atoms with Crippen molar-refractivity contribution in [2.75, 3.05) is 19.6 Å². The molecule has 1 aliphatic heterocycles. The van der Waals surface area contributed by atoms with Crippen molar-refractivity contribution in [1.29, 1.82) is 0 Å². The van der Waals surface area contributed by atoms with E-state index in [2.05, 4.69) is 17.0 Å². The van der Waals surface area contributed by atoms with Crippen LogP contribution in [0.1, 0.15) is 43.4 Å². The molecule has 5 rings (SSSR count). The van der Waals surface area contributed by atoms with Gasteiger partial charge in [0.2, 0.25) is 10.0 Å². The van der Waals surface area contributed by atoms with Crippen molar-refractivity contribution in [3.05, 3.63) is 64.2 Å². The summed E-state index contributed by atoms with van der Waals surface area (Å²) >= 11 is 6.08. The molecule has 2 aliphatic carbocycles. The lowest BCUT2D eigenvalue weighted by Crippen LogP contribution is -2.59. The SMILES string of the molecule is C[C@@H]1CN(CC2(c3ccc(Cl)cc3)CC2)C[C@H](C)N1S(=O)(=O)c1cccc2c1CC(C(=O)O)C2. The highest BCUT2D eigenvalue weighted by Gasteiger charge is 2.48. The van der Waals surface area contributed by atoms with Crippen molar-refractivity contribution in [1.82, 2.24) is 9.21 Å². The molecule has 3 aliphatic rings. The number of fused-ring (bicyclic) bond motifs is 1. The van der Waals surface area contributed by atoms with Crippen molar-refractivity contribution >= 4 is 27.6 Å². The fourth-order valence-electron chi connectivity index (χ4n) is 6.09. The average molecular weight is 503 g/mol. The molecular weight excluding hydrogens is 472 g/mol. The lowest BCUT2D eigenvalue weighted by atomic mass is 9.94. The Kier molecular flexibility index (Phi) is 6.04. The minimum absolute atomic E-state index is 0.136. The van der Waals surface area contributed by atoms with Gasteiger partial charge in [0.25, 0.3) is 0 Å². The number of carbonyl (C=O) groups is 1. The van der Waals surface area contributed by atoms with Gasteiger partial charge in [-0.15, -0.1) is 0 Å². The van der Waals surface area contributed by atoms with Crippen LogP contribution in [0.5, 0.6) is 0 Å². The number of rotatable bonds is 6. The lowest BCUT2D eigenvalue weighted by molar-refractivity contribution is -0.141. The number of sulfonamides is 1. The first kappa shape index (κ1) is 23.8. The van der Waals surface area contributed by atoms with E-state index in [0.29, 0.717) is 25.1 Å². The van der Waals surface area contributed by atoms with Crippen molar-refractivity contribution in [2.45, 2.75) is 61.9 Å². The Labute approximate surface area is 206 Å². The van der Waals surface area contributed by atoms with Crippen molar-refractivity contribution in [3.63, 3.8) is 0 Å². The van der Waals surface area contributed by atoms with Gasteiger partial charge in [-0.2, -0.15) is 4.31 Å². The molecular formula is C26H31ClN2O4S. The quantitative estimate of drug-likeness (QED) is 0.647. The molecule has 1 N–H and O–H groups in total. The maximum absolute atomic E-state index is 13.8.